The molecular formula is C10H16O8S2. The maximum absolute atomic E-state index is 10.1. The second-order valence-electron chi connectivity index (χ2n) is 3.52. The first kappa shape index (κ1) is 18.8. The molecule has 0 radical (unpaired) electrons. The van der Waals surface area contributed by atoms with Gasteiger partial charge in [-0.3, -0.25) is 0 Å². The Morgan fingerprint density at radius 3 is 2.35 bits per heavy atom. The van der Waals surface area contributed by atoms with E-state index in [1.54, 1.807) is 0 Å². The standard InChI is InChI=1S/C8H16O3.C2O5S2/c1-7(2)5-8(10)6-11-4-3-9;3-1-5-2(4)7-9-8-6-1/h8-10H,1,3-6H2,2H3;. The third kappa shape index (κ3) is 11.9. The molecule has 0 amide bonds. The van der Waals surface area contributed by atoms with Gasteiger partial charge in [0.2, 0.25) is 0 Å². The minimum Gasteiger partial charge on any atom is -0.394 e. The van der Waals surface area contributed by atoms with Crippen LogP contribution in [0.25, 0.3) is 0 Å². The summed E-state index contributed by atoms with van der Waals surface area (Å²) < 4.78 is 17.0. The highest BCUT2D eigenvalue weighted by Gasteiger charge is 2.02. The molecule has 1 unspecified atom stereocenters. The van der Waals surface area contributed by atoms with E-state index < -0.39 is 17.7 Å². The molecule has 0 spiro atoms. The third-order valence-corrected chi connectivity index (χ3v) is 2.57. The molecule has 1 heterocycles. The topological polar surface area (TPSA) is 123 Å². The first-order valence-corrected chi connectivity index (χ1v) is 7.40. The van der Waals surface area contributed by atoms with Gasteiger partial charge in [-0.25, -0.2) is 9.59 Å². The van der Waals surface area contributed by atoms with E-state index in [4.69, 9.17) is 9.84 Å². The van der Waals surface area contributed by atoms with Crippen LogP contribution in [0.4, 0.5) is 0 Å². The van der Waals surface area contributed by atoms with E-state index in [0.29, 0.717) is 27.7 Å². The van der Waals surface area contributed by atoms with Crippen LogP contribution in [0.5, 0.6) is 0 Å². The molecule has 1 rings (SSSR count). The third-order valence-electron chi connectivity index (χ3n) is 1.53. The summed E-state index contributed by atoms with van der Waals surface area (Å²) in [7, 11) is 1.25. The van der Waals surface area contributed by atoms with E-state index in [-0.39, 0.29) is 19.8 Å². The predicted molar refractivity (Wildman–Crippen MR) is 72.5 cm³/mol. The molecular weight excluding hydrogens is 312 g/mol. The Morgan fingerprint density at radius 1 is 1.35 bits per heavy atom. The quantitative estimate of drug-likeness (QED) is 0.445. The zero-order valence-electron chi connectivity index (χ0n) is 10.8. The summed E-state index contributed by atoms with van der Waals surface area (Å²) in [4.78, 5) is 20.2. The number of rotatable bonds is 6. The second-order valence-corrected chi connectivity index (χ2v) is 4.94. The Balaban J connectivity index is 0.000000367. The Labute approximate surface area is 121 Å². The molecule has 8 nitrogen and oxygen atoms in total. The number of hydrogen-bond acceptors (Lipinski definition) is 10. The van der Waals surface area contributed by atoms with Gasteiger partial charge in [-0.15, -0.1) is 6.58 Å². The van der Waals surface area contributed by atoms with Crippen LogP contribution in [0.2, 0.25) is 0 Å². The number of hydrogen-bond donors (Lipinski definition) is 2. The lowest BCUT2D eigenvalue weighted by molar-refractivity contribution is 0.0218. The minimum absolute atomic E-state index is 0.000207. The summed E-state index contributed by atoms with van der Waals surface area (Å²) in [6.45, 7) is 6.07. The molecule has 10 heteroatoms. The fraction of sp³-hybridized carbons (Fsp3) is 0.600. The first-order valence-electron chi connectivity index (χ1n) is 5.40. The molecule has 0 saturated carbocycles. The maximum atomic E-state index is 10.1. The van der Waals surface area contributed by atoms with Crippen molar-refractivity contribution in [3.05, 3.63) is 33.4 Å². The van der Waals surface area contributed by atoms with Crippen molar-refractivity contribution < 1.29 is 27.1 Å². The molecule has 20 heavy (non-hydrogen) atoms. The summed E-state index contributed by atoms with van der Waals surface area (Å²) in [5.41, 5.74) is 0.935. The number of aliphatic hydroxyl groups excluding tert-OH is 2. The zero-order chi connectivity index (χ0) is 15.4. The van der Waals surface area contributed by atoms with Gasteiger partial charge in [-0.2, -0.15) is 0 Å². The van der Waals surface area contributed by atoms with Crippen molar-refractivity contribution in [2.45, 2.75) is 19.4 Å². The van der Waals surface area contributed by atoms with E-state index in [9.17, 15) is 14.7 Å². The van der Waals surface area contributed by atoms with Gasteiger partial charge >= 0.3 is 11.6 Å². The average molecular weight is 328 g/mol. The fourth-order valence-corrected chi connectivity index (χ4v) is 1.67. The lowest BCUT2D eigenvalue weighted by atomic mass is 10.1. The van der Waals surface area contributed by atoms with Crippen LogP contribution >= 0.6 is 21.3 Å². The van der Waals surface area contributed by atoms with Gasteiger partial charge in [0.15, 0.2) is 0 Å². The minimum atomic E-state index is -1.06. The van der Waals surface area contributed by atoms with Crippen LogP contribution < -0.4 is 11.6 Å². The lowest BCUT2D eigenvalue weighted by Gasteiger charge is -2.09. The van der Waals surface area contributed by atoms with E-state index in [0.717, 1.165) is 5.57 Å². The predicted octanol–water partition coefficient (Wildman–Crippen LogP) is 0.756. The van der Waals surface area contributed by atoms with Crippen LogP contribution in [-0.2, 0) is 4.74 Å². The van der Waals surface area contributed by atoms with Gasteiger partial charge < -0.3 is 27.1 Å². The van der Waals surface area contributed by atoms with Crippen LogP contribution in [0.15, 0.2) is 33.9 Å². The van der Waals surface area contributed by atoms with Crippen LogP contribution in [0.3, 0.4) is 0 Å². The van der Waals surface area contributed by atoms with Crippen LogP contribution in [0.1, 0.15) is 13.3 Å². The Hall–Kier alpha value is -1.20. The molecule has 0 aliphatic carbocycles. The average Bonchev–Trinajstić information content (AvgIpc) is 2.53. The van der Waals surface area contributed by atoms with Gasteiger partial charge in [-0.1, -0.05) is 5.57 Å². The van der Waals surface area contributed by atoms with Crippen molar-refractivity contribution in [2.24, 2.45) is 0 Å². The summed E-state index contributed by atoms with van der Waals surface area (Å²) in [5, 5.41) is 17.5. The molecule has 1 aromatic heterocycles. The first-order chi connectivity index (χ1) is 9.45. The van der Waals surface area contributed by atoms with Crippen molar-refractivity contribution in [1.82, 2.24) is 0 Å². The van der Waals surface area contributed by atoms with E-state index >= 15 is 0 Å². The monoisotopic (exact) mass is 328 g/mol. The Kier molecular flexibility index (Phi) is 10.9. The SMILES string of the molecule is C=C(C)CC(O)COCCO.O=c1ossoc(=O)o1. The van der Waals surface area contributed by atoms with E-state index in [2.05, 4.69) is 18.7 Å². The van der Waals surface area contributed by atoms with Gasteiger partial charge in [0.25, 0.3) is 0 Å². The van der Waals surface area contributed by atoms with Crippen molar-refractivity contribution in [1.29, 1.82) is 0 Å². The van der Waals surface area contributed by atoms with Crippen molar-refractivity contribution in [3.63, 3.8) is 0 Å². The molecule has 0 aromatic carbocycles. The highest BCUT2D eigenvalue weighted by atomic mass is 32.9. The summed E-state index contributed by atoms with van der Waals surface area (Å²) >= 11 is 0. The van der Waals surface area contributed by atoms with E-state index in [1.807, 2.05) is 6.92 Å². The highest BCUT2D eigenvalue weighted by Crippen LogP contribution is 2.01. The summed E-state index contributed by atoms with van der Waals surface area (Å²) in [5.74, 6) is -2.12. The molecule has 116 valence electrons. The highest BCUT2D eigenvalue weighted by molar-refractivity contribution is 7.61. The molecule has 1 atom stereocenters. The molecule has 0 aliphatic rings. The van der Waals surface area contributed by atoms with Crippen molar-refractivity contribution in [2.75, 3.05) is 19.8 Å². The molecule has 1 aromatic rings. The molecule has 0 bridgehead atoms. The fourth-order valence-electron chi connectivity index (χ4n) is 0.930. The van der Waals surface area contributed by atoms with Gasteiger partial charge in [0.1, 0.15) is 21.3 Å². The van der Waals surface area contributed by atoms with Crippen molar-refractivity contribution in [3.8, 4) is 0 Å². The van der Waals surface area contributed by atoms with Crippen molar-refractivity contribution >= 4 is 21.3 Å². The van der Waals surface area contributed by atoms with Gasteiger partial charge in [-0.05, 0) is 13.3 Å². The van der Waals surface area contributed by atoms with Gasteiger partial charge in [0.05, 0.1) is 25.9 Å². The molecule has 0 saturated heterocycles. The number of ether oxygens (including phenoxy) is 1. The smallest absolute Gasteiger partial charge is 0.394 e. The summed E-state index contributed by atoms with van der Waals surface area (Å²) in [6, 6.07) is 0. The van der Waals surface area contributed by atoms with Crippen LogP contribution in [0, 0.1) is 0 Å². The molecule has 2 N–H and O–H groups in total. The van der Waals surface area contributed by atoms with E-state index in [1.165, 1.54) is 0 Å². The van der Waals surface area contributed by atoms with Crippen LogP contribution in [-0.4, -0.2) is 36.1 Å². The summed E-state index contributed by atoms with van der Waals surface area (Å²) in [6.07, 6.45) is 0.0740. The lowest BCUT2D eigenvalue weighted by Crippen LogP contribution is -2.16. The normalized spacial score (nSPS) is 11.2. The Morgan fingerprint density at radius 2 is 1.90 bits per heavy atom. The maximum Gasteiger partial charge on any atom is 0.536 e. The van der Waals surface area contributed by atoms with Gasteiger partial charge in [0, 0.05) is 0 Å². The molecule has 0 fully saturated rings. The largest absolute Gasteiger partial charge is 0.536 e. The Bertz CT molecular complexity index is 473. The number of aliphatic hydroxyl groups is 2. The molecule has 0 aliphatic heterocycles. The second kappa shape index (κ2) is 11.6. The zero-order valence-corrected chi connectivity index (χ0v) is 12.4.